The number of hydrogen-bond acceptors (Lipinski definition) is 6. The zero-order valence-corrected chi connectivity index (χ0v) is 31.9. The number of hydrogen-bond donors (Lipinski definition) is 2. The summed E-state index contributed by atoms with van der Waals surface area (Å²) in [6.45, 7) is 13.5. The van der Waals surface area contributed by atoms with E-state index >= 15 is 0 Å². The molecule has 0 spiro atoms. The molecule has 236 valence electrons. The Morgan fingerprint density at radius 3 is 2.19 bits per heavy atom. The second kappa shape index (κ2) is 16.1. The summed E-state index contributed by atoms with van der Waals surface area (Å²) >= 11 is 0. The Morgan fingerprint density at radius 1 is 0.979 bits per heavy atom. The average Bonchev–Trinajstić information content (AvgIpc) is 3.63. The average molecular weight is 697 g/mol. The molecule has 0 saturated heterocycles. The second-order valence-corrected chi connectivity index (χ2v) is 11.3. The monoisotopic (exact) mass is 696 g/mol. The molecule has 0 aromatic carbocycles. The Bertz CT molecular complexity index is 1910. The summed E-state index contributed by atoms with van der Waals surface area (Å²) in [5, 5.41) is 31.8. The molecule has 2 atom stereocenters. The molecule has 5 heterocycles. The first kappa shape index (κ1) is 40.5. The van der Waals surface area contributed by atoms with Crippen molar-refractivity contribution < 1.29 is 76.3 Å². The van der Waals surface area contributed by atoms with Crippen LogP contribution in [0.15, 0.2) is 30.9 Å². The first-order valence-electron chi connectivity index (χ1n) is 14.5. The molecule has 3 aliphatic rings. The van der Waals surface area contributed by atoms with Crippen molar-refractivity contribution in [2.75, 3.05) is 0 Å². The van der Waals surface area contributed by atoms with Crippen LogP contribution in [0.25, 0.3) is 33.3 Å². The number of carboxylic acids is 3. The molecule has 0 aliphatic carbocycles. The van der Waals surface area contributed by atoms with Crippen LogP contribution in [0.5, 0.6) is 0 Å². The molecule has 13 heteroatoms. The van der Waals surface area contributed by atoms with E-state index in [4.69, 9.17) is 19.9 Å². The SMILES string of the molecule is C=CC1=C(C)c2cc3[n-]c(c(CC(=O)O)c4nc(cc5[n-]c(cc1n2)c(C)c5CC)C(C)=C4C(=O)O)[C@H](CCC(=O)[O-])[C@H]3C.[Fe].[Mg+2].[Na+]. The Balaban J connectivity index is 0.00000256. The van der Waals surface area contributed by atoms with Crippen molar-refractivity contribution in [2.24, 2.45) is 0 Å². The number of nitrogens with zero attached hydrogens (tertiary/aromatic N) is 4. The molecule has 0 saturated carbocycles. The molecular weight excluding hydrogens is 664 g/mol. The fourth-order valence-electron chi connectivity index (χ4n) is 6.36. The van der Waals surface area contributed by atoms with Crippen LogP contribution in [0.3, 0.4) is 0 Å². The molecule has 0 unspecified atom stereocenters. The predicted octanol–water partition coefficient (Wildman–Crippen LogP) is 0.963. The fraction of sp³-hybridized carbons (Fsp3) is 0.324. The van der Waals surface area contributed by atoms with Gasteiger partial charge in [0.15, 0.2) is 0 Å². The van der Waals surface area contributed by atoms with Gasteiger partial charge in [-0.05, 0) is 68.6 Å². The van der Waals surface area contributed by atoms with E-state index in [-0.39, 0.29) is 105 Å². The summed E-state index contributed by atoms with van der Waals surface area (Å²) in [5.74, 6) is -4.55. The van der Waals surface area contributed by atoms with Crippen molar-refractivity contribution >= 4 is 74.3 Å². The van der Waals surface area contributed by atoms with E-state index in [1.807, 2.05) is 39.8 Å². The first-order chi connectivity index (χ1) is 20.9. The summed E-state index contributed by atoms with van der Waals surface area (Å²) in [7, 11) is 0. The Morgan fingerprint density at radius 2 is 1.62 bits per heavy atom. The topological polar surface area (TPSA) is 169 Å². The maximum absolute atomic E-state index is 12.7. The number of carbonyl (C=O) groups excluding carboxylic acids is 1. The van der Waals surface area contributed by atoms with Gasteiger partial charge in [0, 0.05) is 28.6 Å². The van der Waals surface area contributed by atoms with Crippen LogP contribution in [0.4, 0.5) is 0 Å². The minimum atomic E-state index is -1.25. The van der Waals surface area contributed by atoms with Gasteiger partial charge in [-0.2, -0.15) is 5.69 Å². The molecule has 5 rings (SSSR count). The minimum Gasteiger partial charge on any atom is -0.664 e. The maximum Gasteiger partial charge on any atom is 2.00 e. The number of carbonyl (C=O) groups is 3. The van der Waals surface area contributed by atoms with Crippen LogP contribution in [0.2, 0.25) is 0 Å². The number of allylic oxidation sites excluding steroid dienone is 4. The van der Waals surface area contributed by atoms with Crippen LogP contribution in [0, 0.1) is 6.92 Å². The Labute approximate surface area is 321 Å². The molecule has 2 aromatic rings. The molecule has 2 aromatic heterocycles. The molecule has 0 radical (unpaired) electrons. The number of aryl methyl sites for hydroxylation is 2. The van der Waals surface area contributed by atoms with E-state index < -0.39 is 30.2 Å². The van der Waals surface area contributed by atoms with Crippen molar-refractivity contribution in [3.05, 3.63) is 81.7 Å². The summed E-state index contributed by atoms with van der Waals surface area (Å²) < 4.78 is 0. The van der Waals surface area contributed by atoms with Gasteiger partial charge in [0.2, 0.25) is 0 Å². The van der Waals surface area contributed by atoms with Crippen molar-refractivity contribution in [1.82, 2.24) is 19.9 Å². The van der Waals surface area contributed by atoms with Gasteiger partial charge in [-0.25, -0.2) is 14.8 Å². The van der Waals surface area contributed by atoms with Crippen LogP contribution >= 0.6 is 0 Å². The van der Waals surface area contributed by atoms with Crippen molar-refractivity contribution in [3.63, 3.8) is 0 Å². The molecule has 0 fully saturated rings. The van der Waals surface area contributed by atoms with Crippen LogP contribution in [0.1, 0.15) is 103 Å². The summed E-state index contributed by atoms with van der Waals surface area (Å²) in [6.07, 6.45) is 1.70. The summed E-state index contributed by atoms with van der Waals surface area (Å²) in [4.78, 5) is 55.8. The number of aliphatic carboxylic acids is 3. The van der Waals surface area contributed by atoms with E-state index in [0.717, 1.165) is 27.8 Å². The van der Waals surface area contributed by atoms with Crippen LogP contribution in [-0.2, 0) is 44.3 Å². The van der Waals surface area contributed by atoms with Crippen molar-refractivity contribution in [1.29, 1.82) is 0 Å². The second-order valence-electron chi connectivity index (χ2n) is 11.3. The quantitative estimate of drug-likeness (QED) is 0.380. The van der Waals surface area contributed by atoms with E-state index in [1.165, 1.54) is 0 Å². The summed E-state index contributed by atoms with van der Waals surface area (Å²) in [6, 6.07) is 5.47. The van der Waals surface area contributed by atoms with Crippen molar-refractivity contribution in [2.45, 2.75) is 72.1 Å². The normalized spacial score (nSPS) is 16.0. The molecular formula is C34H33FeMgN4NaO6. The number of aromatic nitrogens is 4. The largest absolute Gasteiger partial charge is 2.00 e. The molecule has 2 N–H and O–H groups in total. The smallest absolute Gasteiger partial charge is 0.664 e. The van der Waals surface area contributed by atoms with Gasteiger partial charge in [0.1, 0.15) is 0 Å². The van der Waals surface area contributed by atoms with Gasteiger partial charge in [0.05, 0.1) is 34.8 Å². The standard InChI is InChI=1S/C34H36N4O6.Fe.Mg.Na/c1-7-19-15(3)23-12-25-17(5)21(9-10-29(39)40)32(37-25)22(11-30(41)42)33-31(34(43)44)18(6)26(38-33)14-28-20(8-2)16(4)24(36-28)13-27(19)35-23;;;/h7,12-14,17,21H,1,8-11H2,2-6H3,(H5,35,36,37,38,39,40,41,42,43,44);;;/q;;+2;+1/p-3/t17-,21-;;;/m1.../s1. The zero-order valence-electron chi connectivity index (χ0n) is 27.4. The van der Waals surface area contributed by atoms with Crippen molar-refractivity contribution in [3.8, 4) is 0 Å². The molecule has 3 aliphatic heterocycles. The maximum atomic E-state index is 12.7. The predicted molar refractivity (Wildman–Crippen MR) is 170 cm³/mol. The van der Waals surface area contributed by atoms with Crippen LogP contribution in [-0.4, -0.2) is 61.1 Å². The fourth-order valence-corrected chi connectivity index (χ4v) is 6.36. The van der Waals surface area contributed by atoms with Gasteiger partial charge in [-0.1, -0.05) is 55.8 Å². The third kappa shape index (κ3) is 7.64. The van der Waals surface area contributed by atoms with Gasteiger partial charge in [0.25, 0.3) is 0 Å². The number of fused-ring (bicyclic) bond motifs is 8. The third-order valence-corrected chi connectivity index (χ3v) is 8.78. The summed E-state index contributed by atoms with van der Waals surface area (Å²) in [5.41, 5.74) is 7.98. The Hall–Kier alpha value is -2.70. The molecule has 10 nitrogen and oxygen atoms in total. The van der Waals surface area contributed by atoms with Gasteiger partial charge < -0.3 is 30.1 Å². The molecule has 8 bridgehead atoms. The molecule has 0 amide bonds. The van der Waals surface area contributed by atoms with Gasteiger partial charge >= 0.3 is 64.5 Å². The minimum absolute atomic E-state index is 0. The first-order valence-corrected chi connectivity index (χ1v) is 14.5. The number of rotatable bonds is 8. The third-order valence-electron chi connectivity index (χ3n) is 8.78. The zero-order chi connectivity index (χ0) is 32.0. The van der Waals surface area contributed by atoms with E-state index in [0.29, 0.717) is 46.0 Å². The van der Waals surface area contributed by atoms with E-state index in [1.54, 1.807) is 19.1 Å². The van der Waals surface area contributed by atoms with Gasteiger partial charge in [-0.3, -0.25) is 4.79 Å². The van der Waals surface area contributed by atoms with Crippen LogP contribution < -0.4 is 44.6 Å². The van der Waals surface area contributed by atoms with Gasteiger partial charge in [-0.15, -0.1) is 16.7 Å². The van der Waals surface area contributed by atoms with E-state index in [9.17, 15) is 29.7 Å². The molecule has 47 heavy (non-hydrogen) atoms. The van der Waals surface area contributed by atoms with E-state index in [2.05, 4.69) is 6.58 Å². The number of carboxylic acid groups (broad SMARTS) is 3. The Kier molecular flexibility index (Phi) is 13.9.